The van der Waals surface area contributed by atoms with E-state index in [0.29, 0.717) is 0 Å². The third kappa shape index (κ3) is 2.11. The molecule has 0 atom stereocenters. The zero-order valence-corrected chi connectivity index (χ0v) is 10.4. The molecule has 6 nitrogen and oxygen atoms in total. The van der Waals surface area contributed by atoms with Crippen molar-refractivity contribution in [2.45, 2.75) is 0 Å². The normalized spacial score (nSPS) is 10.5. The van der Waals surface area contributed by atoms with E-state index in [1.54, 1.807) is 34.3 Å². The van der Waals surface area contributed by atoms with Crippen molar-refractivity contribution in [2.24, 2.45) is 0 Å². The summed E-state index contributed by atoms with van der Waals surface area (Å²) in [5, 5.41) is 20.5. The van der Waals surface area contributed by atoms with Crippen molar-refractivity contribution in [3.63, 3.8) is 0 Å². The Kier molecular flexibility index (Phi) is 2.81. The Balaban J connectivity index is 2.03. The van der Waals surface area contributed by atoms with E-state index in [1.807, 2.05) is 17.5 Å². The molecule has 1 aromatic carbocycles. The molecule has 3 aromatic rings. The second-order valence-electron chi connectivity index (χ2n) is 3.78. The molecule has 19 heavy (non-hydrogen) atoms. The topological polar surface area (TPSA) is 73.8 Å². The highest BCUT2D eigenvalue weighted by atomic mass is 32.1. The average Bonchev–Trinajstić information content (AvgIpc) is 3.09. The van der Waals surface area contributed by atoms with Gasteiger partial charge in [0.15, 0.2) is 0 Å². The molecule has 0 aliphatic carbocycles. The lowest BCUT2D eigenvalue weighted by Crippen LogP contribution is -1.99. The highest BCUT2D eigenvalue weighted by Crippen LogP contribution is 2.26. The summed E-state index contributed by atoms with van der Waals surface area (Å²) >= 11 is 1.59. The predicted molar refractivity (Wildman–Crippen MR) is 71.3 cm³/mol. The maximum absolute atomic E-state index is 10.6. The first kappa shape index (κ1) is 11.5. The van der Waals surface area contributed by atoms with Gasteiger partial charge in [-0.3, -0.25) is 10.1 Å². The number of rotatable bonds is 3. The summed E-state index contributed by atoms with van der Waals surface area (Å²) in [4.78, 5) is 11.2. The van der Waals surface area contributed by atoms with Crippen LogP contribution >= 0.6 is 11.3 Å². The Bertz CT molecular complexity index is 704. The maximum Gasteiger partial charge on any atom is 0.269 e. The van der Waals surface area contributed by atoms with Crippen molar-refractivity contribution in [1.82, 2.24) is 15.0 Å². The lowest BCUT2D eigenvalue weighted by atomic mass is 10.2. The van der Waals surface area contributed by atoms with Gasteiger partial charge in [-0.1, -0.05) is 11.3 Å². The second-order valence-corrected chi connectivity index (χ2v) is 4.73. The fourth-order valence-electron chi connectivity index (χ4n) is 1.73. The molecule has 0 bridgehead atoms. The first-order chi connectivity index (χ1) is 9.25. The molecule has 0 unspecified atom stereocenters. The maximum atomic E-state index is 10.6. The van der Waals surface area contributed by atoms with Crippen molar-refractivity contribution < 1.29 is 4.92 Å². The first-order valence-electron chi connectivity index (χ1n) is 5.45. The Morgan fingerprint density at radius 1 is 1.21 bits per heavy atom. The van der Waals surface area contributed by atoms with E-state index in [0.717, 1.165) is 16.3 Å². The van der Waals surface area contributed by atoms with Gasteiger partial charge in [-0.25, -0.2) is 4.68 Å². The molecular formula is C12H8N4O2S. The largest absolute Gasteiger partial charge is 0.269 e. The number of aromatic nitrogens is 3. The summed E-state index contributed by atoms with van der Waals surface area (Å²) in [6.07, 6.45) is 1.67. The molecule has 94 valence electrons. The average molecular weight is 272 g/mol. The Hall–Kier alpha value is -2.54. The van der Waals surface area contributed by atoms with Crippen LogP contribution in [0.15, 0.2) is 48.0 Å². The summed E-state index contributed by atoms with van der Waals surface area (Å²) in [6.45, 7) is 0. The van der Waals surface area contributed by atoms with Gasteiger partial charge in [0.05, 0.1) is 21.7 Å². The molecule has 0 saturated heterocycles. The van der Waals surface area contributed by atoms with Gasteiger partial charge in [-0.15, -0.1) is 16.4 Å². The fourth-order valence-corrected chi connectivity index (χ4v) is 2.45. The molecule has 3 rings (SSSR count). The minimum absolute atomic E-state index is 0.0570. The highest BCUT2D eigenvalue weighted by molar-refractivity contribution is 7.13. The summed E-state index contributed by atoms with van der Waals surface area (Å²) in [5.41, 5.74) is 1.66. The Morgan fingerprint density at radius 2 is 2.00 bits per heavy atom. The number of benzene rings is 1. The van der Waals surface area contributed by atoms with Crippen molar-refractivity contribution in [2.75, 3.05) is 0 Å². The zero-order valence-electron chi connectivity index (χ0n) is 9.63. The Morgan fingerprint density at radius 3 is 2.63 bits per heavy atom. The van der Waals surface area contributed by atoms with Crippen molar-refractivity contribution in [3.05, 3.63) is 58.1 Å². The number of hydrogen-bond donors (Lipinski definition) is 0. The fraction of sp³-hybridized carbons (Fsp3) is 0. The van der Waals surface area contributed by atoms with E-state index in [2.05, 4.69) is 10.3 Å². The lowest BCUT2D eigenvalue weighted by Gasteiger charge is -2.03. The predicted octanol–water partition coefficient (Wildman–Crippen LogP) is 2.90. The van der Waals surface area contributed by atoms with Gasteiger partial charge >= 0.3 is 0 Å². The quantitative estimate of drug-likeness (QED) is 0.542. The number of nitro groups is 1. The highest BCUT2D eigenvalue weighted by Gasteiger charge is 2.11. The first-order valence-corrected chi connectivity index (χ1v) is 6.33. The molecular weight excluding hydrogens is 264 g/mol. The molecule has 2 heterocycles. The van der Waals surface area contributed by atoms with Gasteiger partial charge in [0.25, 0.3) is 5.69 Å². The number of nitro benzene ring substituents is 1. The monoisotopic (exact) mass is 272 g/mol. The van der Waals surface area contributed by atoms with Crippen LogP contribution < -0.4 is 0 Å². The molecule has 0 fully saturated rings. The van der Waals surface area contributed by atoms with Crippen molar-refractivity contribution in [3.8, 4) is 16.3 Å². The molecule has 7 heteroatoms. The van der Waals surface area contributed by atoms with E-state index >= 15 is 0 Å². The second kappa shape index (κ2) is 4.62. The molecule has 0 amide bonds. The van der Waals surface area contributed by atoms with E-state index in [4.69, 9.17) is 0 Å². The summed E-state index contributed by atoms with van der Waals surface area (Å²) in [7, 11) is 0. The van der Waals surface area contributed by atoms with Crippen LogP contribution in [0.2, 0.25) is 0 Å². The minimum atomic E-state index is -0.425. The third-order valence-corrected chi connectivity index (χ3v) is 3.52. The van der Waals surface area contributed by atoms with Crippen LogP contribution in [0.1, 0.15) is 0 Å². The van der Waals surface area contributed by atoms with Crippen LogP contribution in [-0.4, -0.2) is 19.9 Å². The van der Waals surface area contributed by atoms with E-state index in [-0.39, 0.29) is 5.69 Å². The number of hydrogen-bond acceptors (Lipinski definition) is 5. The minimum Gasteiger partial charge on any atom is -0.258 e. The standard InChI is InChI=1S/C12H8N4O2S/c17-16(18)10-5-3-9(4-6-10)15-11(8-13-14-15)12-2-1-7-19-12/h1-8H. The van der Waals surface area contributed by atoms with Crippen LogP contribution in [0, 0.1) is 10.1 Å². The zero-order chi connectivity index (χ0) is 13.2. The van der Waals surface area contributed by atoms with Gasteiger partial charge in [0.2, 0.25) is 0 Å². The smallest absolute Gasteiger partial charge is 0.258 e. The SMILES string of the molecule is O=[N+]([O-])c1ccc(-n2nncc2-c2cccs2)cc1. The molecule has 0 aliphatic heterocycles. The van der Waals surface area contributed by atoms with Gasteiger partial charge < -0.3 is 0 Å². The van der Waals surface area contributed by atoms with Crippen LogP contribution in [-0.2, 0) is 0 Å². The summed E-state index contributed by atoms with van der Waals surface area (Å²) in [6, 6.07) is 10.1. The molecule has 0 N–H and O–H groups in total. The molecule has 0 spiro atoms. The Labute approximate surface area is 112 Å². The number of thiophene rings is 1. The van der Waals surface area contributed by atoms with Gasteiger partial charge in [0.1, 0.15) is 5.69 Å². The molecule has 0 aliphatic rings. The summed E-state index contributed by atoms with van der Waals surface area (Å²) in [5.74, 6) is 0. The van der Waals surface area contributed by atoms with Crippen LogP contribution in [0.4, 0.5) is 5.69 Å². The van der Waals surface area contributed by atoms with Gasteiger partial charge in [-0.05, 0) is 23.6 Å². The van der Waals surface area contributed by atoms with Gasteiger partial charge in [0, 0.05) is 12.1 Å². The number of non-ortho nitro benzene ring substituents is 1. The molecule has 2 aromatic heterocycles. The van der Waals surface area contributed by atoms with Crippen LogP contribution in [0.3, 0.4) is 0 Å². The van der Waals surface area contributed by atoms with E-state index < -0.39 is 4.92 Å². The van der Waals surface area contributed by atoms with Crippen molar-refractivity contribution >= 4 is 17.0 Å². The van der Waals surface area contributed by atoms with Crippen LogP contribution in [0.5, 0.6) is 0 Å². The summed E-state index contributed by atoms with van der Waals surface area (Å²) < 4.78 is 1.66. The van der Waals surface area contributed by atoms with Crippen LogP contribution in [0.25, 0.3) is 16.3 Å². The molecule has 0 saturated carbocycles. The van der Waals surface area contributed by atoms with E-state index in [1.165, 1.54) is 12.1 Å². The third-order valence-electron chi connectivity index (χ3n) is 2.63. The van der Waals surface area contributed by atoms with E-state index in [9.17, 15) is 10.1 Å². The van der Waals surface area contributed by atoms with Gasteiger partial charge in [-0.2, -0.15) is 0 Å². The number of nitrogens with zero attached hydrogens (tertiary/aromatic N) is 4. The van der Waals surface area contributed by atoms with Crippen molar-refractivity contribution in [1.29, 1.82) is 0 Å². The molecule has 0 radical (unpaired) electrons. The lowest BCUT2D eigenvalue weighted by molar-refractivity contribution is -0.384.